The third-order valence-electron chi connectivity index (χ3n) is 3.59. The quantitative estimate of drug-likeness (QED) is 0.737. The van der Waals surface area contributed by atoms with Crippen molar-refractivity contribution in [2.24, 2.45) is 11.7 Å². The fraction of sp³-hybridized carbons (Fsp3) is 1.00. The fourth-order valence-corrected chi connectivity index (χ4v) is 3.97. The molecule has 5 heteroatoms. The second-order valence-electron chi connectivity index (χ2n) is 5.42. The first-order chi connectivity index (χ1) is 6.62. The normalized spacial score (nSPS) is 32.5. The minimum atomic E-state index is -2.99. The van der Waals surface area contributed by atoms with Gasteiger partial charge in [-0.3, -0.25) is 0 Å². The fourth-order valence-electron chi connectivity index (χ4n) is 2.14. The van der Waals surface area contributed by atoms with Gasteiger partial charge in [-0.1, -0.05) is 0 Å². The first kappa shape index (κ1) is 12.9. The van der Waals surface area contributed by atoms with E-state index in [4.69, 9.17) is 10.8 Å². The van der Waals surface area contributed by atoms with Crippen LogP contribution >= 0.6 is 0 Å². The van der Waals surface area contributed by atoms with Gasteiger partial charge in [-0.05, 0) is 39.5 Å². The SMILES string of the molecule is CC(N)(CO)CC1CCS(=O)(=O)C1(C)C. The maximum absolute atomic E-state index is 11.8. The van der Waals surface area contributed by atoms with Crippen LogP contribution in [-0.2, 0) is 9.84 Å². The van der Waals surface area contributed by atoms with Crippen LogP contribution in [0.1, 0.15) is 33.6 Å². The van der Waals surface area contributed by atoms with Gasteiger partial charge in [-0.25, -0.2) is 8.42 Å². The van der Waals surface area contributed by atoms with Crippen LogP contribution in [0, 0.1) is 5.92 Å². The van der Waals surface area contributed by atoms with Gasteiger partial charge in [0, 0.05) is 5.54 Å². The Balaban J connectivity index is 2.84. The summed E-state index contributed by atoms with van der Waals surface area (Å²) in [5, 5.41) is 9.08. The molecule has 0 bridgehead atoms. The second-order valence-corrected chi connectivity index (χ2v) is 8.11. The van der Waals surface area contributed by atoms with E-state index in [0.717, 1.165) is 0 Å². The van der Waals surface area contributed by atoms with Crippen molar-refractivity contribution in [2.75, 3.05) is 12.4 Å². The van der Waals surface area contributed by atoms with Crippen molar-refractivity contribution in [3.05, 3.63) is 0 Å². The topological polar surface area (TPSA) is 80.4 Å². The molecule has 0 radical (unpaired) electrons. The lowest BCUT2D eigenvalue weighted by atomic mass is 9.82. The van der Waals surface area contributed by atoms with Crippen LogP contribution in [0.3, 0.4) is 0 Å². The van der Waals surface area contributed by atoms with Crippen molar-refractivity contribution in [3.8, 4) is 0 Å². The Morgan fingerprint density at radius 3 is 2.40 bits per heavy atom. The van der Waals surface area contributed by atoms with E-state index in [9.17, 15) is 8.42 Å². The highest BCUT2D eigenvalue weighted by atomic mass is 32.2. The zero-order valence-electron chi connectivity index (χ0n) is 9.66. The van der Waals surface area contributed by atoms with E-state index < -0.39 is 20.1 Å². The van der Waals surface area contributed by atoms with Gasteiger partial charge in [-0.15, -0.1) is 0 Å². The monoisotopic (exact) mass is 235 g/mol. The smallest absolute Gasteiger partial charge is 0.155 e. The lowest BCUT2D eigenvalue weighted by molar-refractivity contribution is 0.173. The highest BCUT2D eigenvalue weighted by Gasteiger charge is 2.48. The van der Waals surface area contributed by atoms with Gasteiger partial charge < -0.3 is 10.8 Å². The van der Waals surface area contributed by atoms with Crippen LogP contribution in [0.2, 0.25) is 0 Å². The van der Waals surface area contributed by atoms with Crippen LogP contribution in [-0.4, -0.2) is 36.2 Å². The first-order valence-electron chi connectivity index (χ1n) is 5.24. The molecule has 0 aromatic rings. The van der Waals surface area contributed by atoms with Gasteiger partial charge in [0.1, 0.15) is 0 Å². The predicted octanol–water partition coefficient (Wildman–Crippen LogP) is 0.299. The molecule has 1 saturated heterocycles. The van der Waals surface area contributed by atoms with Crippen molar-refractivity contribution >= 4 is 9.84 Å². The largest absolute Gasteiger partial charge is 0.394 e. The second kappa shape index (κ2) is 3.71. The Labute approximate surface area is 91.8 Å². The average molecular weight is 235 g/mol. The molecule has 0 saturated carbocycles. The zero-order chi connectivity index (χ0) is 11.9. The Morgan fingerprint density at radius 2 is 2.07 bits per heavy atom. The summed E-state index contributed by atoms with van der Waals surface area (Å²) in [6.45, 7) is 5.16. The van der Waals surface area contributed by atoms with E-state index in [2.05, 4.69) is 0 Å². The van der Waals surface area contributed by atoms with Gasteiger partial charge in [0.05, 0.1) is 17.1 Å². The summed E-state index contributed by atoms with van der Waals surface area (Å²) in [6.07, 6.45) is 1.21. The lowest BCUT2D eigenvalue weighted by Gasteiger charge is -2.32. The molecular formula is C10H21NO3S. The maximum atomic E-state index is 11.8. The molecule has 4 nitrogen and oxygen atoms in total. The summed E-state index contributed by atoms with van der Waals surface area (Å²) >= 11 is 0. The molecule has 0 aromatic carbocycles. The summed E-state index contributed by atoms with van der Waals surface area (Å²) in [6, 6.07) is 0. The molecule has 1 aliphatic rings. The Hall–Kier alpha value is -0.130. The predicted molar refractivity (Wildman–Crippen MR) is 60.3 cm³/mol. The number of hydrogen-bond acceptors (Lipinski definition) is 4. The molecule has 0 amide bonds. The summed E-state index contributed by atoms with van der Waals surface area (Å²) in [4.78, 5) is 0. The van der Waals surface area contributed by atoms with Crippen LogP contribution < -0.4 is 5.73 Å². The lowest BCUT2D eigenvalue weighted by Crippen LogP contribution is -2.45. The van der Waals surface area contributed by atoms with E-state index in [1.165, 1.54) is 0 Å². The van der Waals surface area contributed by atoms with E-state index in [1.54, 1.807) is 20.8 Å². The minimum Gasteiger partial charge on any atom is -0.394 e. The Kier molecular flexibility index (Phi) is 3.20. The Bertz CT molecular complexity index is 333. The van der Waals surface area contributed by atoms with E-state index in [1.807, 2.05) is 0 Å². The molecule has 2 atom stereocenters. The first-order valence-corrected chi connectivity index (χ1v) is 6.90. The average Bonchev–Trinajstić information content (AvgIpc) is 2.28. The summed E-state index contributed by atoms with van der Waals surface area (Å²) in [7, 11) is -2.99. The maximum Gasteiger partial charge on any atom is 0.155 e. The highest BCUT2D eigenvalue weighted by molar-refractivity contribution is 7.93. The number of nitrogens with two attached hydrogens (primary N) is 1. The van der Waals surface area contributed by atoms with Crippen molar-refractivity contribution in [3.63, 3.8) is 0 Å². The molecule has 0 spiro atoms. The number of rotatable bonds is 3. The third-order valence-corrected chi connectivity index (χ3v) is 6.30. The van der Waals surface area contributed by atoms with Gasteiger partial charge in [0.25, 0.3) is 0 Å². The van der Waals surface area contributed by atoms with E-state index in [-0.39, 0.29) is 18.3 Å². The van der Waals surface area contributed by atoms with Crippen molar-refractivity contribution < 1.29 is 13.5 Å². The van der Waals surface area contributed by atoms with Gasteiger partial charge in [-0.2, -0.15) is 0 Å². The van der Waals surface area contributed by atoms with Crippen LogP contribution in [0.5, 0.6) is 0 Å². The molecule has 0 aromatic heterocycles. The molecule has 15 heavy (non-hydrogen) atoms. The van der Waals surface area contributed by atoms with E-state index in [0.29, 0.717) is 12.8 Å². The van der Waals surface area contributed by atoms with Crippen molar-refractivity contribution in [2.45, 2.75) is 43.9 Å². The standard InChI is InChI=1S/C10H21NO3S/c1-9(2)8(4-5-15(9,13)14)6-10(3,11)7-12/h8,12H,4-7,11H2,1-3H3. The summed E-state index contributed by atoms with van der Waals surface area (Å²) < 4.78 is 22.8. The van der Waals surface area contributed by atoms with Crippen molar-refractivity contribution in [1.82, 2.24) is 0 Å². The van der Waals surface area contributed by atoms with Gasteiger partial charge in [0.15, 0.2) is 9.84 Å². The summed E-state index contributed by atoms with van der Waals surface area (Å²) in [5.41, 5.74) is 5.18. The number of aliphatic hydroxyl groups excluding tert-OH is 1. The van der Waals surface area contributed by atoms with Gasteiger partial charge >= 0.3 is 0 Å². The molecule has 1 aliphatic heterocycles. The molecular weight excluding hydrogens is 214 g/mol. The number of hydrogen-bond donors (Lipinski definition) is 2. The molecule has 3 N–H and O–H groups in total. The zero-order valence-corrected chi connectivity index (χ0v) is 10.5. The Morgan fingerprint density at radius 1 is 1.53 bits per heavy atom. The highest BCUT2D eigenvalue weighted by Crippen LogP contribution is 2.40. The van der Waals surface area contributed by atoms with Crippen molar-refractivity contribution in [1.29, 1.82) is 0 Å². The number of aliphatic hydroxyl groups is 1. The van der Waals surface area contributed by atoms with E-state index >= 15 is 0 Å². The van der Waals surface area contributed by atoms with Crippen LogP contribution in [0.25, 0.3) is 0 Å². The minimum absolute atomic E-state index is 0.0460. The third kappa shape index (κ3) is 2.34. The molecule has 1 rings (SSSR count). The molecule has 1 heterocycles. The van der Waals surface area contributed by atoms with Gasteiger partial charge in [0.2, 0.25) is 0 Å². The molecule has 1 fully saturated rings. The van der Waals surface area contributed by atoms with Crippen LogP contribution in [0.15, 0.2) is 0 Å². The number of sulfone groups is 1. The van der Waals surface area contributed by atoms with Crippen LogP contribution in [0.4, 0.5) is 0 Å². The molecule has 90 valence electrons. The molecule has 0 aliphatic carbocycles. The summed E-state index contributed by atoms with van der Waals surface area (Å²) in [5.74, 6) is 0.288. The molecule has 2 unspecified atom stereocenters.